The molecule has 0 saturated carbocycles. The van der Waals surface area contributed by atoms with Gasteiger partial charge < -0.3 is 19.4 Å². The smallest absolute Gasteiger partial charge is 0.277 e. The first-order chi connectivity index (χ1) is 15.7. The van der Waals surface area contributed by atoms with E-state index in [9.17, 15) is 4.79 Å². The Bertz CT molecular complexity index is 1220. The number of aromatic nitrogens is 2. The van der Waals surface area contributed by atoms with Crippen LogP contribution >= 0.6 is 11.8 Å². The van der Waals surface area contributed by atoms with Gasteiger partial charge in [-0.1, -0.05) is 42.1 Å². The second-order valence-corrected chi connectivity index (χ2v) is 8.34. The molecule has 0 bridgehead atoms. The highest BCUT2D eigenvalue weighted by atomic mass is 32.2. The normalized spacial score (nSPS) is 13.9. The van der Waals surface area contributed by atoms with Crippen molar-refractivity contribution in [1.29, 1.82) is 0 Å². The van der Waals surface area contributed by atoms with Crippen molar-refractivity contribution < 1.29 is 13.9 Å². The van der Waals surface area contributed by atoms with Gasteiger partial charge in [-0.3, -0.25) is 4.79 Å². The van der Waals surface area contributed by atoms with E-state index in [2.05, 4.69) is 26.5 Å². The van der Waals surface area contributed by atoms with E-state index in [1.807, 2.05) is 60.7 Å². The van der Waals surface area contributed by atoms with Crippen LogP contribution in [0.15, 0.2) is 76.4 Å². The molecule has 1 aliphatic heterocycles. The van der Waals surface area contributed by atoms with Crippen LogP contribution in [0.4, 0.5) is 11.4 Å². The Morgan fingerprint density at radius 2 is 1.75 bits per heavy atom. The Kier molecular flexibility index (Phi) is 6.04. The predicted octanol–water partition coefficient (Wildman–Crippen LogP) is 4.46. The number of nitrogens with zero attached hydrogens (tertiary/aromatic N) is 3. The third-order valence-corrected chi connectivity index (χ3v) is 6.08. The average molecular weight is 447 g/mol. The number of fused-ring (bicyclic) bond motifs is 1. The van der Waals surface area contributed by atoms with Gasteiger partial charge in [0.2, 0.25) is 11.8 Å². The van der Waals surface area contributed by atoms with Gasteiger partial charge in [0, 0.05) is 30.0 Å². The lowest BCUT2D eigenvalue weighted by Gasteiger charge is -2.28. The Labute approximate surface area is 189 Å². The maximum absolute atomic E-state index is 12.3. The van der Waals surface area contributed by atoms with Gasteiger partial charge in [-0.05, 0) is 47.2 Å². The summed E-state index contributed by atoms with van der Waals surface area (Å²) in [5.74, 6) is 0.502. The number of amides is 1. The molecule has 1 fully saturated rings. The van der Waals surface area contributed by atoms with Crippen molar-refractivity contribution in [2.75, 3.05) is 42.3 Å². The summed E-state index contributed by atoms with van der Waals surface area (Å²) in [7, 11) is 0. The van der Waals surface area contributed by atoms with Crippen molar-refractivity contribution in [3.05, 3.63) is 66.7 Å². The molecule has 0 atom stereocenters. The molecular formula is C24H22N4O3S. The number of anilines is 2. The minimum absolute atomic E-state index is 0.125. The molecule has 1 aliphatic rings. The van der Waals surface area contributed by atoms with Crippen molar-refractivity contribution in [2.24, 2.45) is 0 Å². The van der Waals surface area contributed by atoms with Crippen LogP contribution in [-0.4, -0.2) is 48.2 Å². The van der Waals surface area contributed by atoms with Crippen molar-refractivity contribution in [2.45, 2.75) is 5.22 Å². The van der Waals surface area contributed by atoms with Crippen molar-refractivity contribution in [3.8, 4) is 11.5 Å². The first-order valence-corrected chi connectivity index (χ1v) is 11.4. The molecule has 0 spiro atoms. The summed E-state index contributed by atoms with van der Waals surface area (Å²) >= 11 is 1.22. The van der Waals surface area contributed by atoms with E-state index in [4.69, 9.17) is 9.15 Å². The molecule has 1 amide bonds. The minimum atomic E-state index is -0.125. The third-order valence-electron chi connectivity index (χ3n) is 5.26. The number of benzene rings is 3. The molecule has 4 aromatic rings. The number of rotatable bonds is 6. The highest BCUT2D eigenvalue weighted by Gasteiger charge is 2.13. The second kappa shape index (κ2) is 9.42. The number of morpholine rings is 1. The van der Waals surface area contributed by atoms with Gasteiger partial charge in [0.05, 0.1) is 19.0 Å². The second-order valence-electron chi connectivity index (χ2n) is 7.42. The molecule has 5 rings (SSSR count). The van der Waals surface area contributed by atoms with Crippen molar-refractivity contribution in [1.82, 2.24) is 10.2 Å². The molecule has 1 aromatic heterocycles. The fraction of sp³-hybridized carbons (Fsp3) is 0.208. The van der Waals surface area contributed by atoms with Crippen LogP contribution in [0.1, 0.15) is 0 Å². The Hall–Kier alpha value is -3.36. The molecule has 162 valence electrons. The van der Waals surface area contributed by atoms with Crippen LogP contribution < -0.4 is 10.2 Å². The molecule has 0 aliphatic carbocycles. The number of thioether (sulfide) groups is 1. The topological polar surface area (TPSA) is 80.5 Å². The zero-order valence-corrected chi connectivity index (χ0v) is 18.2. The fourth-order valence-electron chi connectivity index (χ4n) is 3.61. The number of ether oxygens (including phenoxy) is 1. The van der Waals surface area contributed by atoms with Gasteiger partial charge in [0.15, 0.2) is 0 Å². The molecule has 32 heavy (non-hydrogen) atoms. The molecule has 3 aromatic carbocycles. The van der Waals surface area contributed by atoms with E-state index in [0.29, 0.717) is 11.1 Å². The predicted molar refractivity (Wildman–Crippen MR) is 126 cm³/mol. The summed E-state index contributed by atoms with van der Waals surface area (Å²) in [5.41, 5.74) is 2.75. The molecule has 0 unspecified atom stereocenters. The van der Waals surface area contributed by atoms with Crippen LogP contribution in [0.25, 0.3) is 22.2 Å². The zero-order valence-electron chi connectivity index (χ0n) is 17.4. The van der Waals surface area contributed by atoms with E-state index in [1.54, 1.807) is 0 Å². The molecule has 0 radical (unpaired) electrons. The van der Waals surface area contributed by atoms with Crippen molar-refractivity contribution in [3.63, 3.8) is 0 Å². The summed E-state index contributed by atoms with van der Waals surface area (Å²) in [6.07, 6.45) is 0. The Morgan fingerprint density at radius 3 is 2.56 bits per heavy atom. The highest BCUT2D eigenvalue weighted by Crippen LogP contribution is 2.26. The van der Waals surface area contributed by atoms with Crippen LogP contribution in [0, 0.1) is 0 Å². The third kappa shape index (κ3) is 4.76. The van der Waals surface area contributed by atoms with Crippen LogP contribution in [0.2, 0.25) is 0 Å². The average Bonchev–Trinajstić information content (AvgIpc) is 3.33. The Balaban J connectivity index is 1.16. The molecule has 1 N–H and O–H groups in total. The van der Waals surface area contributed by atoms with E-state index in [-0.39, 0.29) is 11.7 Å². The molecule has 7 nitrogen and oxygen atoms in total. The van der Waals surface area contributed by atoms with Gasteiger partial charge in [-0.15, -0.1) is 10.2 Å². The first kappa shape index (κ1) is 20.5. The standard InChI is InChI=1S/C24H22N4O3S/c29-22(25-20-7-9-21(10-8-20)28-11-13-30-14-12-28)16-32-24-27-26-23(31-24)19-6-5-17-3-1-2-4-18(17)15-19/h1-10,15H,11-14,16H2,(H,25,29). The largest absolute Gasteiger partial charge is 0.411 e. The van der Waals surface area contributed by atoms with Crippen molar-refractivity contribution >= 4 is 39.8 Å². The van der Waals surface area contributed by atoms with E-state index < -0.39 is 0 Å². The number of hydrogen-bond acceptors (Lipinski definition) is 7. The zero-order chi connectivity index (χ0) is 21.8. The van der Waals surface area contributed by atoms with Gasteiger partial charge in [-0.25, -0.2) is 0 Å². The maximum atomic E-state index is 12.3. The van der Waals surface area contributed by atoms with Gasteiger partial charge in [0.25, 0.3) is 5.22 Å². The number of nitrogens with one attached hydrogen (secondary N) is 1. The van der Waals surface area contributed by atoms with Gasteiger partial charge >= 0.3 is 0 Å². The lowest BCUT2D eigenvalue weighted by molar-refractivity contribution is -0.113. The quantitative estimate of drug-likeness (QED) is 0.438. The lowest BCUT2D eigenvalue weighted by atomic mass is 10.1. The first-order valence-electron chi connectivity index (χ1n) is 10.4. The minimum Gasteiger partial charge on any atom is -0.411 e. The van der Waals surface area contributed by atoms with Crippen LogP contribution in [0.5, 0.6) is 0 Å². The summed E-state index contributed by atoms with van der Waals surface area (Å²) < 4.78 is 11.1. The molecule has 2 heterocycles. The van der Waals surface area contributed by atoms with Gasteiger partial charge in [0.1, 0.15) is 0 Å². The SMILES string of the molecule is O=C(CSc1nnc(-c2ccc3ccccc3c2)o1)Nc1ccc(N2CCOCC2)cc1. The summed E-state index contributed by atoms with van der Waals surface area (Å²) in [6.45, 7) is 3.25. The van der Waals surface area contributed by atoms with Crippen LogP contribution in [-0.2, 0) is 9.53 Å². The molecule has 1 saturated heterocycles. The van der Waals surface area contributed by atoms with E-state index in [1.165, 1.54) is 11.8 Å². The number of hydrogen-bond donors (Lipinski definition) is 1. The Morgan fingerprint density at radius 1 is 0.969 bits per heavy atom. The van der Waals surface area contributed by atoms with E-state index >= 15 is 0 Å². The fourth-order valence-corrected chi connectivity index (χ4v) is 4.17. The lowest BCUT2D eigenvalue weighted by Crippen LogP contribution is -2.36. The molecule has 8 heteroatoms. The number of carbonyl (C=O) groups excluding carboxylic acids is 1. The number of carbonyl (C=O) groups is 1. The highest BCUT2D eigenvalue weighted by molar-refractivity contribution is 7.99. The van der Waals surface area contributed by atoms with Crippen LogP contribution in [0.3, 0.4) is 0 Å². The van der Waals surface area contributed by atoms with E-state index in [0.717, 1.165) is 54.0 Å². The summed E-state index contributed by atoms with van der Waals surface area (Å²) in [4.78, 5) is 14.6. The summed E-state index contributed by atoms with van der Waals surface area (Å²) in [5, 5.41) is 13.7. The monoisotopic (exact) mass is 446 g/mol. The summed E-state index contributed by atoms with van der Waals surface area (Å²) in [6, 6.07) is 22.0. The molecular weight excluding hydrogens is 424 g/mol. The van der Waals surface area contributed by atoms with Gasteiger partial charge in [-0.2, -0.15) is 0 Å². The maximum Gasteiger partial charge on any atom is 0.277 e.